The zero-order valence-corrected chi connectivity index (χ0v) is 13.4. The first-order valence-electron chi connectivity index (χ1n) is 6.45. The van der Waals surface area contributed by atoms with Crippen molar-refractivity contribution >= 4 is 38.4 Å². The number of hydrogen-bond acceptors (Lipinski definition) is 3. The van der Waals surface area contributed by atoms with E-state index in [1.807, 2.05) is 48.5 Å². The molecule has 0 bridgehead atoms. The third kappa shape index (κ3) is 2.80. The Morgan fingerprint density at radius 1 is 1.10 bits per heavy atom. The quantitative estimate of drug-likeness (QED) is 0.542. The maximum atomic E-state index is 6.36. The highest BCUT2D eigenvalue weighted by Gasteiger charge is 2.18. The number of aromatic nitrogens is 1. The highest BCUT2D eigenvalue weighted by molar-refractivity contribution is 9.10. The third-order valence-electron chi connectivity index (χ3n) is 3.43. The molecule has 3 N–H and O–H groups in total. The number of fused-ring (bicyclic) bond motifs is 1. The van der Waals surface area contributed by atoms with Gasteiger partial charge in [0.2, 0.25) is 0 Å². The van der Waals surface area contributed by atoms with Crippen LogP contribution in [0.2, 0.25) is 5.02 Å². The summed E-state index contributed by atoms with van der Waals surface area (Å²) in [5, 5.41) is 1.72. The van der Waals surface area contributed by atoms with Crippen molar-refractivity contribution in [2.75, 3.05) is 0 Å². The third-order valence-corrected chi connectivity index (χ3v) is 4.25. The molecule has 2 aromatic carbocycles. The molecule has 0 aliphatic heterocycles. The van der Waals surface area contributed by atoms with E-state index < -0.39 is 0 Å². The van der Waals surface area contributed by atoms with Gasteiger partial charge in [-0.25, -0.2) is 5.43 Å². The Morgan fingerprint density at radius 2 is 1.95 bits per heavy atom. The lowest BCUT2D eigenvalue weighted by molar-refractivity contribution is 0.641. The number of pyridine rings is 1. The molecule has 0 radical (unpaired) electrons. The van der Waals surface area contributed by atoms with Gasteiger partial charge in [0.25, 0.3) is 0 Å². The van der Waals surface area contributed by atoms with Gasteiger partial charge in [0, 0.05) is 21.1 Å². The van der Waals surface area contributed by atoms with E-state index in [1.54, 1.807) is 6.20 Å². The van der Waals surface area contributed by atoms with Crippen LogP contribution in [0.4, 0.5) is 0 Å². The van der Waals surface area contributed by atoms with Crippen molar-refractivity contribution in [2.45, 2.75) is 6.04 Å². The highest BCUT2D eigenvalue weighted by atomic mass is 79.9. The van der Waals surface area contributed by atoms with Crippen LogP contribution >= 0.6 is 27.5 Å². The van der Waals surface area contributed by atoms with Crippen LogP contribution in [-0.4, -0.2) is 4.98 Å². The summed E-state index contributed by atoms with van der Waals surface area (Å²) in [6.45, 7) is 0. The maximum Gasteiger partial charge on any atom is 0.0731 e. The molecule has 1 heterocycles. The van der Waals surface area contributed by atoms with Gasteiger partial charge in [-0.2, -0.15) is 0 Å². The molecule has 3 rings (SSSR count). The largest absolute Gasteiger partial charge is 0.271 e. The van der Waals surface area contributed by atoms with E-state index in [4.69, 9.17) is 17.4 Å². The molecular formula is C16H13BrClN3. The van der Waals surface area contributed by atoms with E-state index in [2.05, 4.69) is 26.3 Å². The van der Waals surface area contributed by atoms with E-state index in [0.717, 1.165) is 26.5 Å². The Hall–Kier alpha value is -1.46. The summed E-state index contributed by atoms with van der Waals surface area (Å²) in [6.07, 6.45) is 1.78. The van der Waals surface area contributed by atoms with Gasteiger partial charge in [0.15, 0.2) is 0 Å². The van der Waals surface area contributed by atoms with E-state index in [9.17, 15) is 0 Å². The van der Waals surface area contributed by atoms with Crippen molar-refractivity contribution in [2.24, 2.45) is 5.84 Å². The van der Waals surface area contributed by atoms with Gasteiger partial charge in [0.1, 0.15) is 0 Å². The number of benzene rings is 2. The summed E-state index contributed by atoms with van der Waals surface area (Å²) in [6, 6.07) is 15.5. The Labute approximate surface area is 136 Å². The van der Waals surface area contributed by atoms with Crippen molar-refractivity contribution < 1.29 is 0 Å². The van der Waals surface area contributed by atoms with Crippen LogP contribution in [0.5, 0.6) is 0 Å². The van der Waals surface area contributed by atoms with Gasteiger partial charge in [-0.15, -0.1) is 0 Å². The molecular weight excluding hydrogens is 350 g/mol. The van der Waals surface area contributed by atoms with Crippen molar-refractivity contribution in [3.63, 3.8) is 0 Å². The molecule has 21 heavy (non-hydrogen) atoms. The van der Waals surface area contributed by atoms with Crippen LogP contribution in [0.15, 0.2) is 59.2 Å². The molecule has 0 saturated carbocycles. The lowest BCUT2D eigenvalue weighted by Gasteiger charge is -2.20. The van der Waals surface area contributed by atoms with Gasteiger partial charge in [-0.3, -0.25) is 10.8 Å². The minimum atomic E-state index is -0.196. The van der Waals surface area contributed by atoms with E-state index in [-0.39, 0.29) is 6.04 Å². The molecule has 3 aromatic rings. The van der Waals surface area contributed by atoms with Crippen LogP contribution in [0.25, 0.3) is 10.9 Å². The summed E-state index contributed by atoms with van der Waals surface area (Å²) in [7, 11) is 0. The minimum absolute atomic E-state index is 0.196. The number of nitrogens with two attached hydrogens (primary N) is 1. The average molecular weight is 363 g/mol. The SMILES string of the molecule is NNC(c1ccc(Br)cc1Cl)c1cccc2ncccc12. The molecule has 1 aromatic heterocycles. The normalized spacial score (nSPS) is 12.5. The number of halogens is 2. The summed E-state index contributed by atoms with van der Waals surface area (Å²) < 4.78 is 0.937. The number of nitrogens with one attached hydrogen (secondary N) is 1. The Kier molecular flexibility index (Phi) is 4.22. The number of hydrazine groups is 1. The van der Waals surface area contributed by atoms with Crippen LogP contribution < -0.4 is 11.3 Å². The van der Waals surface area contributed by atoms with Crippen LogP contribution in [0, 0.1) is 0 Å². The molecule has 0 fully saturated rings. The maximum absolute atomic E-state index is 6.36. The zero-order chi connectivity index (χ0) is 14.8. The Balaban J connectivity index is 2.18. The van der Waals surface area contributed by atoms with Crippen molar-refractivity contribution in [3.8, 4) is 0 Å². The Morgan fingerprint density at radius 3 is 2.71 bits per heavy atom. The summed E-state index contributed by atoms with van der Waals surface area (Å²) in [5.74, 6) is 5.79. The molecule has 0 aliphatic rings. The fraction of sp³-hybridized carbons (Fsp3) is 0.0625. The first kappa shape index (κ1) is 14.5. The first-order valence-corrected chi connectivity index (χ1v) is 7.62. The van der Waals surface area contributed by atoms with E-state index in [1.165, 1.54) is 0 Å². The predicted molar refractivity (Wildman–Crippen MR) is 90.1 cm³/mol. The topological polar surface area (TPSA) is 50.9 Å². The molecule has 106 valence electrons. The molecule has 1 atom stereocenters. The smallest absolute Gasteiger partial charge is 0.0731 e. The molecule has 0 aliphatic carbocycles. The fourth-order valence-corrected chi connectivity index (χ4v) is 3.24. The van der Waals surface area contributed by atoms with Crippen molar-refractivity contribution in [1.29, 1.82) is 0 Å². The van der Waals surface area contributed by atoms with Crippen molar-refractivity contribution in [3.05, 3.63) is 75.4 Å². The van der Waals surface area contributed by atoms with Gasteiger partial charge in [0.05, 0.1) is 11.6 Å². The number of nitrogens with zero attached hydrogens (tertiary/aromatic N) is 1. The lowest BCUT2D eigenvalue weighted by atomic mass is 9.95. The molecule has 1 unspecified atom stereocenters. The summed E-state index contributed by atoms with van der Waals surface area (Å²) in [4.78, 5) is 4.38. The molecule has 0 saturated heterocycles. The Bertz CT molecular complexity index is 786. The average Bonchev–Trinajstić information content (AvgIpc) is 2.50. The van der Waals surface area contributed by atoms with Crippen molar-refractivity contribution in [1.82, 2.24) is 10.4 Å². The van der Waals surface area contributed by atoms with Gasteiger partial charge in [-0.05, 0) is 35.4 Å². The highest BCUT2D eigenvalue weighted by Crippen LogP contribution is 2.33. The fourth-order valence-electron chi connectivity index (χ4n) is 2.46. The second-order valence-electron chi connectivity index (χ2n) is 4.68. The second-order valence-corrected chi connectivity index (χ2v) is 6.01. The number of rotatable bonds is 3. The van der Waals surface area contributed by atoms with E-state index >= 15 is 0 Å². The van der Waals surface area contributed by atoms with Crippen LogP contribution in [0.3, 0.4) is 0 Å². The second kappa shape index (κ2) is 6.12. The summed E-state index contributed by atoms with van der Waals surface area (Å²) in [5.41, 5.74) is 5.77. The standard InChI is InChI=1S/C16H13BrClN3/c17-10-6-7-13(14(18)9-10)16(21-19)12-3-1-5-15-11(12)4-2-8-20-15/h1-9,16,21H,19H2. The lowest BCUT2D eigenvalue weighted by Crippen LogP contribution is -2.29. The predicted octanol–water partition coefficient (Wildman–Crippen LogP) is 4.20. The first-order chi connectivity index (χ1) is 10.2. The van der Waals surface area contributed by atoms with Gasteiger partial charge < -0.3 is 0 Å². The molecule has 5 heteroatoms. The minimum Gasteiger partial charge on any atom is -0.271 e. The van der Waals surface area contributed by atoms with Gasteiger partial charge in [-0.1, -0.05) is 51.8 Å². The van der Waals surface area contributed by atoms with E-state index in [0.29, 0.717) is 5.02 Å². The molecule has 0 amide bonds. The van der Waals surface area contributed by atoms with Crippen LogP contribution in [-0.2, 0) is 0 Å². The molecule has 0 spiro atoms. The van der Waals surface area contributed by atoms with Crippen LogP contribution in [0.1, 0.15) is 17.2 Å². The summed E-state index contributed by atoms with van der Waals surface area (Å²) >= 11 is 9.78. The number of hydrogen-bond donors (Lipinski definition) is 2. The molecule has 3 nitrogen and oxygen atoms in total. The van der Waals surface area contributed by atoms with Gasteiger partial charge >= 0.3 is 0 Å². The monoisotopic (exact) mass is 361 g/mol. The zero-order valence-electron chi connectivity index (χ0n) is 11.1.